The number of carbonyl (C=O) groups excluding carboxylic acids is 2. The Bertz CT molecular complexity index is 867. The summed E-state index contributed by atoms with van der Waals surface area (Å²) >= 11 is 0. The zero-order chi connectivity index (χ0) is 20.2. The van der Waals surface area contributed by atoms with Crippen molar-refractivity contribution < 1.29 is 27.5 Å². The molecule has 1 aromatic heterocycles. The maximum atomic E-state index is 12.4. The van der Waals surface area contributed by atoms with E-state index in [4.69, 9.17) is 0 Å². The number of hydrogen-bond acceptors (Lipinski definition) is 4. The molecule has 2 amide bonds. The molecule has 0 saturated heterocycles. The molecule has 0 unspecified atom stereocenters. The van der Waals surface area contributed by atoms with Gasteiger partial charge in [-0.05, 0) is 49.2 Å². The van der Waals surface area contributed by atoms with Crippen LogP contribution in [0.25, 0.3) is 0 Å². The Labute approximate surface area is 153 Å². The molecule has 0 aliphatic carbocycles. The molecule has 1 aromatic carbocycles. The first-order chi connectivity index (χ1) is 12.5. The van der Waals surface area contributed by atoms with Crippen molar-refractivity contribution in [1.29, 1.82) is 0 Å². The minimum Gasteiger partial charge on any atom is -0.406 e. The van der Waals surface area contributed by atoms with Gasteiger partial charge in [0.2, 0.25) is 5.91 Å². The van der Waals surface area contributed by atoms with E-state index in [0.717, 1.165) is 0 Å². The minimum absolute atomic E-state index is 0.00553. The number of rotatable bonds is 5. The van der Waals surface area contributed by atoms with Gasteiger partial charge in [0.05, 0.1) is 0 Å². The highest BCUT2D eigenvalue weighted by molar-refractivity contribution is 5.96. The third kappa shape index (κ3) is 6.61. The Balaban J connectivity index is 2.11. The molecule has 0 fully saturated rings. The fourth-order valence-corrected chi connectivity index (χ4v) is 2.45. The van der Waals surface area contributed by atoms with Gasteiger partial charge in [0.25, 0.3) is 5.91 Å². The molecule has 0 aliphatic rings. The SMILES string of the molecule is CC(=O)Nc1cc(C(=O)NCc2cc(C)cc(OC(F)(F)F)c2)cc(C)n1. The molecule has 0 spiro atoms. The van der Waals surface area contributed by atoms with Crippen molar-refractivity contribution in [2.75, 3.05) is 5.32 Å². The fourth-order valence-electron chi connectivity index (χ4n) is 2.45. The number of hydrogen-bond donors (Lipinski definition) is 2. The fraction of sp³-hybridized carbons (Fsp3) is 0.278. The van der Waals surface area contributed by atoms with E-state index < -0.39 is 12.3 Å². The van der Waals surface area contributed by atoms with Crippen LogP contribution < -0.4 is 15.4 Å². The molecule has 2 rings (SSSR count). The predicted octanol–water partition coefficient (Wildman–Crippen LogP) is 3.49. The molecule has 2 N–H and O–H groups in total. The third-order valence-electron chi connectivity index (χ3n) is 3.32. The Kier molecular flexibility index (Phi) is 6.04. The van der Waals surface area contributed by atoms with Crippen LogP contribution in [0.2, 0.25) is 0 Å². The van der Waals surface area contributed by atoms with E-state index in [9.17, 15) is 22.8 Å². The highest BCUT2D eigenvalue weighted by Gasteiger charge is 2.31. The summed E-state index contributed by atoms with van der Waals surface area (Å²) in [6, 6.07) is 7.06. The molecule has 9 heteroatoms. The molecule has 2 aromatic rings. The lowest BCUT2D eigenvalue weighted by atomic mass is 10.1. The number of nitrogens with zero attached hydrogens (tertiary/aromatic N) is 1. The van der Waals surface area contributed by atoms with Crippen LogP contribution >= 0.6 is 0 Å². The number of halogens is 3. The van der Waals surface area contributed by atoms with Crippen LogP contribution in [-0.4, -0.2) is 23.2 Å². The van der Waals surface area contributed by atoms with Gasteiger partial charge in [0.1, 0.15) is 11.6 Å². The Hall–Kier alpha value is -3.10. The number of carbonyl (C=O) groups is 2. The van der Waals surface area contributed by atoms with Crippen molar-refractivity contribution in [2.24, 2.45) is 0 Å². The molecule has 1 heterocycles. The van der Waals surface area contributed by atoms with E-state index in [-0.39, 0.29) is 29.6 Å². The van der Waals surface area contributed by atoms with Gasteiger partial charge in [0, 0.05) is 24.7 Å². The molecule has 144 valence electrons. The second-order valence-corrected chi connectivity index (χ2v) is 5.95. The van der Waals surface area contributed by atoms with Crippen LogP contribution in [0, 0.1) is 13.8 Å². The number of ether oxygens (including phenoxy) is 1. The van der Waals surface area contributed by atoms with E-state index in [1.54, 1.807) is 19.9 Å². The molecule has 0 bridgehead atoms. The van der Waals surface area contributed by atoms with Gasteiger partial charge in [0.15, 0.2) is 0 Å². The number of pyridine rings is 1. The number of aromatic nitrogens is 1. The Morgan fingerprint density at radius 2 is 1.81 bits per heavy atom. The maximum absolute atomic E-state index is 12.4. The number of alkyl halides is 3. The molecule has 0 atom stereocenters. The van der Waals surface area contributed by atoms with E-state index >= 15 is 0 Å². The molecular formula is C18H18F3N3O3. The van der Waals surface area contributed by atoms with Gasteiger partial charge in [-0.1, -0.05) is 6.07 Å². The molecule has 0 saturated carbocycles. The number of anilines is 1. The zero-order valence-electron chi connectivity index (χ0n) is 14.9. The molecule has 0 radical (unpaired) electrons. The van der Waals surface area contributed by atoms with Crippen LogP contribution in [0.15, 0.2) is 30.3 Å². The van der Waals surface area contributed by atoms with Gasteiger partial charge < -0.3 is 15.4 Å². The topological polar surface area (TPSA) is 80.3 Å². The summed E-state index contributed by atoms with van der Waals surface area (Å²) in [6.07, 6.45) is -4.79. The van der Waals surface area contributed by atoms with Crippen LogP contribution in [0.4, 0.5) is 19.0 Å². The van der Waals surface area contributed by atoms with Gasteiger partial charge in [-0.3, -0.25) is 9.59 Å². The highest BCUT2D eigenvalue weighted by atomic mass is 19.4. The minimum atomic E-state index is -4.79. The van der Waals surface area contributed by atoms with Gasteiger partial charge >= 0.3 is 6.36 Å². The van der Waals surface area contributed by atoms with E-state index in [2.05, 4.69) is 20.4 Å². The van der Waals surface area contributed by atoms with Crippen LogP contribution in [0.1, 0.15) is 34.1 Å². The van der Waals surface area contributed by atoms with E-state index in [1.165, 1.54) is 31.2 Å². The van der Waals surface area contributed by atoms with Crippen LogP contribution in [-0.2, 0) is 11.3 Å². The Morgan fingerprint density at radius 3 is 2.44 bits per heavy atom. The normalized spacial score (nSPS) is 11.0. The zero-order valence-corrected chi connectivity index (χ0v) is 14.9. The van der Waals surface area contributed by atoms with Crippen molar-refractivity contribution in [3.8, 4) is 5.75 Å². The number of nitrogens with one attached hydrogen (secondary N) is 2. The summed E-state index contributed by atoms with van der Waals surface area (Å²) in [5.41, 5.74) is 1.82. The lowest BCUT2D eigenvalue weighted by molar-refractivity contribution is -0.274. The number of amides is 2. The van der Waals surface area contributed by atoms with Crippen molar-refractivity contribution in [3.05, 3.63) is 52.7 Å². The maximum Gasteiger partial charge on any atom is 0.573 e. The van der Waals surface area contributed by atoms with Gasteiger partial charge in [-0.15, -0.1) is 13.2 Å². The largest absolute Gasteiger partial charge is 0.573 e. The van der Waals surface area contributed by atoms with E-state index in [1.807, 2.05) is 0 Å². The van der Waals surface area contributed by atoms with Gasteiger partial charge in [-0.25, -0.2) is 4.98 Å². The van der Waals surface area contributed by atoms with Gasteiger partial charge in [-0.2, -0.15) is 0 Å². The van der Waals surface area contributed by atoms with Crippen molar-refractivity contribution in [2.45, 2.75) is 33.7 Å². The van der Waals surface area contributed by atoms with Crippen molar-refractivity contribution in [3.63, 3.8) is 0 Å². The monoisotopic (exact) mass is 381 g/mol. The molecule has 0 aliphatic heterocycles. The molecule has 27 heavy (non-hydrogen) atoms. The molecular weight excluding hydrogens is 363 g/mol. The standard InChI is InChI=1S/C18H18F3N3O3/c1-10-4-13(7-15(5-10)27-18(19,20)21)9-22-17(26)14-6-11(2)23-16(8-14)24-12(3)25/h4-8H,9H2,1-3H3,(H,22,26)(H,23,24,25). The summed E-state index contributed by atoms with van der Waals surface area (Å²) in [7, 11) is 0. The second kappa shape index (κ2) is 8.07. The smallest absolute Gasteiger partial charge is 0.406 e. The first kappa shape index (κ1) is 20.2. The first-order valence-electron chi connectivity index (χ1n) is 7.92. The average molecular weight is 381 g/mol. The summed E-state index contributed by atoms with van der Waals surface area (Å²) < 4.78 is 41.1. The van der Waals surface area contributed by atoms with Crippen LogP contribution in [0.3, 0.4) is 0 Å². The average Bonchev–Trinajstić information content (AvgIpc) is 2.49. The van der Waals surface area contributed by atoms with Crippen LogP contribution in [0.5, 0.6) is 5.75 Å². The summed E-state index contributed by atoms with van der Waals surface area (Å²) in [6.45, 7) is 4.62. The lowest BCUT2D eigenvalue weighted by Crippen LogP contribution is -2.23. The van der Waals surface area contributed by atoms with E-state index in [0.29, 0.717) is 16.8 Å². The lowest BCUT2D eigenvalue weighted by Gasteiger charge is -2.12. The Morgan fingerprint density at radius 1 is 1.11 bits per heavy atom. The second-order valence-electron chi connectivity index (χ2n) is 5.95. The first-order valence-corrected chi connectivity index (χ1v) is 7.92. The van der Waals surface area contributed by atoms with Crippen molar-refractivity contribution in [1.82, 2.24) is 10.3 Å². The number of benzene rings is 1. The predicted molar refractivity (Wildman–Crippen MR) is 92.3 cm³/mol. The van der Waals surface area contributed by atoms with Crippen molar-refractivity contribution >= 4 is 17.6 Å². The molecule has 6 nitrogen and oxygen atoms in total. The summed E-state index contributed by atoms with van der Waals surface area (Å²) in [5, 5.41) is 5.12. The third-order valence-corrected chi connectivity index (χ3v) is 3.32. The quantitative estimate of drug-likeness (QED) is 0.831. The summed E-state index contributed by atoms with van der Waals surface area (Å²) in [5.74, 6) is -0.883. The summed E-state index contributed by atoms with van der Waals surface area (Å²) in [4.78, 5) is 27.6. The highest BCUT2D eigenvalue weighted by Crippen LogP contribution is 2.25. The number of aryl methyl sites for hydroxylation is 2.